The van der Waals surface area contributed by atoms with Gasteiger partial charge in [-0.25, -0.2) is 17.8 Å². The first-order valence-electron chi connectivity index (χ1n) is 15.4. The Morgan fingerprint density at radius 3 is 2.47 bits per heavy atom. The van der Waals surface area contributed by atoms with Crippen molar-refractivity contribution in [2.24, 2.45) is 0 Å². The summed E-state index contributed by atoms with van der Waals surface area (Å²) in [4.78, 5) is 23.0. The quantitative estimate of drug-likeness (QED) is 0.165. The molecule has 0 spiro atoms. The number of hydrogen-bond donors (Lipinski definition) is 3. The van der Waals surface area contributed by atoms with E-state index in [1.54, 1.807) is 54.3 Å². The van der Waals surface area contributed by atoms with E-state index in [0.29, 0.717) is 34.2 Å². The number of nitrogens with one attached hydrogen (secondary N) is 3. The van der Waals surface area contributed by atoms with Crippen LogP contribution in [0.25, 0.3) is 22.2 Å². The molecule has 240 valence electrons. The average molecular weight is 637 g/mol. The van der Waals surface area contributed by atoms with Gasteiger partial charge in [-0.05, 0) is 81.8 Å². The molecule has 10 nitrogen and oxygen atoms in total. The molecule has 45 heavy (non-hydrogen) atoms. The number of rotatable bonds is 13. The van der Waals surface area contributed by atoms with Crippen molar-refractivity contribution in [2.45, 2.75) is 69.8 Å². The number of nitrogens with zero attached hydrogens (tertiary/aromatic N) is 3. The molecule has 12 heteroatoms. The van der Waals surface area contributed by atoms with Crippen molar-refractivity contribution in [2.75, 3.05) is 30.3 Å². The number of ether oxygens (including phenoxy) is 1. The number of fused-ring (bicyclic) bond motifs is 1. The maximum Gasteiger partial charge on any atom is 0.260 e. The molecule has 0 bridgehead atoms. The van der Waals surface area contributed by atoms with E-state index < -0.39 is 15.8 Å². The van der Waals surface area contributed by atoms with Gasteiger partial charge >= 0.3 is 0 Å². The smallest absolute Gasteiger partial charge is 0.260 e. The average Bonchev–Trinajstić information content (AvgIpc) is 3.01. The van der Waals surface area contributed by atoms with Crippen LogP contribution in [0.5, 0.6) is 0 Å². The van der Waals surface area contributed by atoms with Gasteiger partial charge < -0.3 is 15.4 Å². The van der Waals surface area contributed by atoms with E-state index in [4.69, 9.17) is 9.72 Å². The van der Waals surface area contributed by atoms with Crippen LogP contribution in [0, 0.1) is 5.82 Å². The number of anilines is 2. The highest BCUT2D eigenvalue weighted by molar-refractivity contribution is 7.91. The van der Waals surface area contributed by atoms with Crippen LogP contribution < -0.4 is 20.9 Å². The normalized spacial score (nSPS) is 17.1. The van der Waals surface area contributed by atoms with Gasteiger partial charge in [0.15, 0.2) is 0 Å². The van der Waals surface area contributed by atoms with Crippen molar-refractivity contribution in [1.29, 1.82) is 0 Å². The molecule has 2 heterocycles. The summed E-state index contributed by atoms with van der Waals surface area (Å²) in [6.07, 6.45) is 6.77. The molecule has 0 aliphatic heterocycles. The molecule has 1 fully saturated rings. The van der Waals surface area contributed by atoms with Crippen LogP contribution in [-0.4, -0.2) is 55.3 Å². The molecule has 4 aromatic rings. The minimum atomic E-state index is -3.85. The highest BCUT2D eigenvalue weighted by atomic mass is 32.2. The zero-order chi connectivity index (χ0) is 32.0. The van der Waals surface area contributed by atoms with Crippen molar-refractivity contribution in [3.05, 3.63) is 82.5 Å². The molecule has 0 saturated heterocycles. The lowest BCUT2D eigenvalue weighted by molar-refractivity contribution is 0.192. The minimum Gasteiger partial charge on any atom is -0.385 e. The van der Waals surface area contributed by atoms with Crippen molar-refractivity contribution >= 4 is 32.7 Å². The third-order valence-electron chi connectivity index (χ3n) is 8.05. The Hall–Kier alpha value is -3.87. The van der Waals surface area contributed by atoms with Gasteiger partial charge in [-0.2, -0.15) is 4.98 Å². The number of halogens is 1. The molecule has 2 aromatic carbocycles. The van der Waals surface area contributed by atoms with E-state index in [9.17, 15) is 13.2 Å². The SMILES string of the molecule is COCCCNC1CCC(Nc2ncc3cc(-c4ccc(NS(=O)(=O)Cc5ccccc5)c(F)c4)c(=O)n(C(C)C)c3n2)CC1. The van der Waals surface area contributed by atoms with E-state index in [1.165, 1.54) is 18.2 Å². The van der Waals surface area contributed by atoms with E-state index in [0.717, 1.165) is 45.3 Å². The summed E-state index contributed by atoms with van der Waals surface area (Å²) in [5.74, 6) is -0.599. The molecule has 1 saturated carbocycles. The van der Waals surface area contributed by atoms with Gasteiger partial charge in [0.2, 0.25) is 16.0 Å². The first-order valence-corrected chi connectivity index (χ1v) is 17.0. The van der Waals surface area contributed by atoms with E-state index in [-0.39, 0.29) is 34.6 Å². The zero-order valence-electron chi connectivity index (χ0n) is 25.9. The van der Waals surface area contributed by atoms with Gasteiger partial charge in [0.1, 0.15) is 11.5 Å². The Bertz CT molecular complexity index is 1770. The topological polar surface area (TPSA) is 127 Å². The highest BCUT2D eigenvalue weighted by Crippen LogP contribution is 2.27. The molecular weight excluding hydrogens is 595 g/mol. The second kappa shape index (κ2) is 14.5. The lowest BCUT2D eigenvalue weighted by Crippen LogP contribution is -2.37. The third kappa shape index (κ3) is 8.24. The fourth-order valence-electron chi connectivity index (χ4n) is 5.79. The summed E-state index contributed by atoms with van der Waals surface area (Å²) < 4.78 is 49.6. The van der Waals surface area contributed by atoms with Crippen LogP contribution in [0.2, 0.25) is 0 Å². The number of benzene rings is 2. The Morgan fingerprint density at radius 1 is 1.04 bits per heavy atom. The number of aromatic nitrogens is 3. The Morgan fingerprint density at radius 2 is 1.78 bits per heavy atom. The van der Waals surface area contributed by atoms with Gasteiger partial charge in [0.05, 0.1) is 11.4 Å². The second-order valence-electron chi connectivity index (χ2n) is 11.8. The number of methoxy groups -OCH3 is 1. The first kappa shape index (κ1) is 32.5. The van der Waals surface area contributed by atoms with Crippen molar-refractivity contribution in [1.82, 2.24) is 19.9 Å². The lowest BCUT2D eigenvalue weighted by atomic mass is 9.91. The molecule has 3 N–H and O–H groups in total. The van der Waals surface area contributed by atoms with E-state index in [2.05, 4.69) is 20.3 Å². The fourth-order valence-corrected chi connectivity index (χ4v) is 6.99. The van der Waals surface area contributed by atoms with Crippen LogP contribution in [0.1, 0.15) is 57.6 Å². The molecule has 5 rings (SSSR count). The summed E-state index contributed by atoms with van der Waals surface area (Å²) in [5.41, 5.74) is 1.18. The second-order valence-corrected chi connectivity index (χ2v) is 13.6. The van der Waals surface area contributed by atoms with Crippen LogP contribution in [0.4, 0.5) is 16.0 Å². The standard InChI is InChI=1S/C33H41FN6O4S/c1-22(2)40-31-25(20-36-33(38-31)37-27-13-11-26(12-14-27)35-16-7-17-44-3)18-28(32(40)41)24-10-15-30(29(34)19-24)39-45(42,43)21-23-8-5-4-6-9-23/h4-6,8-10,15,18-20,22,26-27,35,39H,7,11-14,16-17,21H2,1-3H3,(H,36,37,38). The number of pyridine rings is 1. The summed E-state index contributed by atoms with van der Waals surface area (Å²) in [7, 11) is -2.13. The lowest BCUT2D eigenvalue weighted by Gasteiger charge is -2.30. The van der Waals surface area contributed by atoms with E-state index >= 15 is 4.39 Å². The summed E-state index contributed by atoms with van der Waals surface area (Å²) in [6, 6.07) is 14.9. The molecule has 1 aliphatic rings. The summed E-state index contributed by atoms with van der Waals surface area (Å²) >= 11 is 0. The summed E-state index contributed by atoms with van der Waals surface area (Å²) in [6.45, 7) is 5.50. The van der Waals surface area contributed by atoms with Crippen molar-refractivity contribution in [3.63, 3.8) is 0 Å². The van der Waals surface area contributed by atoms with Gasteiger partial charge in [0.25, 0.3) is 5.56 Å². The molecule has 0 radical (unpaired) electrons. The maximum atomic E-state index is 15.2. The molecule has 0 amide bonds. The molecule has 2 aromatic heterocycles. The van der Waals surface area contributed by atoms with Crippen molar-refractivity contribution < 1.29 is 17.5 Å². The maximum absolute atomic E-state index is 15.2. The van der Waals surface area contributed by atoms with E-state index in [1.807, 2.05) is 13.8 Å². The van der Waals surface area contributed by atoms with Crippen molar-refractivity contribution in [3.8, 4) is 11.1 Å². The molecule has 0 unspecified atom stereocenters. The largest absolute Gasteiger partial charge is 0.385 e. The van der Waals surface area contributed by atoms with Gasteiger partial charge in [-0.15, -0.1) is 0 Å². The zero-order valence-corrected chi connectivity index (χ0v) is 26.7. The third-order valence-corrected chi connectivity index (χ3v) is 9.30. The van der Waals surface area contributed by atoms with Gasteiger partial charge in [-0.1, -0.05) is 36.4 Å². The Kier molecular flexibility index (Phi) is 10.5. The van der Waals surface area contributed by atoms with Crippen LogP contribution in [0.3, 0.4) is 0 Å². The fraction of sp³-hybridized carbons (Fsp3) is 0.424. The predicted molar refractivity (Wildman–Crippen MR) is 176 cm³/mol. The Balaban J connectivity index is 1.33. The van der Waals surface area contributed by atoms with Crippen LogP contribution in [0.15, 0.2) is 65.6 Å². The van der Waals surface area contributed by atoms with Crippen LogP contribution in [-0.2, 0) is 20.5 Å². The number of hydrogen-bond acceptors (Lipinski definition) is 8. The molecule has 0 atom stereocenters. The molecular formula is C33H41FN6O4S. The highest BCUT2D eigenvalue weighted by Gasteiger charge is 2.23. The van der Waals surface area contributed by atoms with Gasteiger partial charge in [0, 0.05) is 49.0 Å². The minimum absolute atomic E-state index is 0.186. The van der Waals surface area contributed by atoms with Crippen LogP contribution >= 0.6 is 0 Å². The Labute approximate surface area is 263 Å². The number of sulfonamides is 1. The monoisotopic (exact) mass is 636 g/mol. The molecule has 1 aliphatic carbocycles. The van der Waals surface area contributed by atoms with Gasteiger partial charge in [-0.3, -0.25) is 14.1 Å². The summed E-state index contributed by atoms with van der Waals surface area (Å²) in [5, 5.41) is 7.70. The first-order chi connectivity index (χ1) is 21.6. The predicted octanol–water partition coefficient (Wildman–Crippen LogP) is 5.47.